The Morgan fingerprint density at radius 3 is 2.63 bits per heavy atom. The zero-order valence-corrected chi connectivity index (χ0v) is 15.7. The molecule has 1 aliphatic heterocycles. The standard InChI is InChI=1S/C22H21ClN2O2/c23-19-9-4-3-8-18(19)22(26)24-14-20(21-10-5-13-27-21)25-12-11-16-6-1-2-7-17(16)15-25/h1-10,13,20H,11-12,14-15H2,(H,24,26)/t20-/m1/s1. The number of benzene rings is 2. The van der Waals surface area contributed by atoms with Gasteiger partial charge in [-0.25, -0.2) is 0 Å². The van der Waals surface area contributed by atoms with Gasteiger partial charge in [-0.3, -0.25) is 9.69 Å². The van der Waals surface area contributed by atoms with Crippen LogP contribution in [0.25, 0.3) is 0 Å². The molecule has 0 aliphatic carbocycles. The molecule has 1 aliphatic rings. The van der Waals surface area contributed by atoms with Crippen LogP contribution in [-0.4, -0.2) is 23.9 Å². The second-order valence-corrected chi connectivity index (χ2v) is 7.12. The SMILES string of the molecule is O=C(NC[C@H](c1ccco1)N1CCc2ccccc2C1)c1ccccc1Cl. The molecule has 4 nitrogen and oxygen atoms in total. The lowest BCUT2D eigenvalue weighted by atomic mass is 9.98. The van der Waals surface area contributed by atoms with Crippen LogP contribution in [-0.2, 0) is 13.0 Å². The van der Waals surface area contributed by atoms with E-state index in [-0.39, 0.29) is 11.9 Å². The Bertz CT molecular complexity index is 924. The Morgan fingerprint density at radius 2 is 1.85 bits per heavy atom. The Kier molecular flexibility index (Phi) is 5.28. The normalized spacial score (nSPS) is 15.1. The molecule has 1 atom stereocenters. The zero-order valence-electron chi connectivity index (χ0n) is 14.9. The molecule has 0 fully saturated rings. The Balaban J connectivity index is 1.51. The van der Waals surface area contributed by atoms with Gasteiger partial charge in [0.25, 0.3) is 5.91 Å². The van der Waals surface area contributed by atoms with Gasteiger partial charge in [-0.15, -0.1) is 0 Å². The number of nitrogens with zero attached hydrogens (tertiary/aromatic N) is 1. The summed E-state index contributed by atoms with van der Waals surface area (Å²) in [4.78, 5) is 14.9. The van der Waals surface area contributed by atoms with Crippen molar-refractivity contribution < 1.29 is 9.21 Å². The van der Waals surface area contributed by atoms with E-state index in [0.717, 1.165) is 25.3 Å². The molecule has 0 saturated heterocycles. The number of fused-ring (bicyclic) bond motifs is 1. The summed E-state index contributed by atoms with van der Waals surface area (Å²) in [6.07, 6.45) is 2.67. The minimum absolute atomic E-state index is 0.0280. The molecule has 0 bridgehead atoms. The van der Waals surface area contributed by atoms with Gasteiger partial charge in [0.15, 0.2) is 0 Å². The molecule has 1 aromatic heterocycles. The largest absolute Gasteiger partial charge is 0.468 e. The van der Waals surface area contributed by atoms with Gasteiger partial charge in [0.05, 0.1) is 22.9 Å². The van der Waals surface area contributed by atoms with Crippen molar-refractivity contribution in [3.63, 3.8) is 0 Å². The topological polar surface area (TPSA) is 45.5 Å². The summed E-state index contributed by atoms with van der Waals surface area (Å²) < 4.78 is 5.68. The van der Waals surface area contributed by atoms with Crippen molar-refractivity contribution in [2.24, 2.45) is 0 Å². The highest BCUT2D eigenvalue weighted by molar-refractivity contribution is 6.33. The number of rotatable bonds is 5. The average molecular weight is 381 g/mol. The quantitative estimate of drug-likeness (QED) is 0.710. The molecule has 1 amide bonds. The first-order chi connectivity index (χ1) is 13.2. The second-order valence-electron chi connectivity index (χ2n) is 6.71. The lowest BCUT2D eigenvalue weighted by Crippen LogP contribution is -2.40. The van der Waals surface area contributed by atoms with E-state index in [2.05, 4.69) is 34.5 Å². The molecule has 0 radical (unpaired) electrons. The maximum atomic E-state index is 12.6. The molecule has 0 saturated carbocycles. The Labute approximate surface area is 163 Å². The van der Waals surface area contributed by atoms with E-state index >= 15 is 0 Å². The third kappa shape index (κ3) is 3.92. The second kappa shape index (κ2) is 7.99. The first-order valence-corrected chi connectivity index (χ1v) is 9.47. The fourth-order valence-corrected chi connectivity index (χ4v) is 3.83. The average Bonchev–Trinajstić information content (AvgIpc) is 3.23. The van der Waals surface area contributed by atoms with Crippen LogP contribution in [0.4, 0.5) is 0 Å². The van der Waals surface area contributed by atoms with Gasteiger partial charge in [-0.2, -0.15) is 0 Å². The first-order valence-electron chi connectivity index (χ1n) is 9.09. The minimum Gasteiger partial charge on any atom is -0.468 e. The van der Waals surface area contributed by atoms with E-state index in [1.165, 1.54) is 11.1 Å². The summed E-state index contributed by atoms with van der Waals surface area (Å²) in [6, 6.07) is 19.4. The van der Waals surface area contributed by atoms with Crippen molar-refractivity contribution in [2.75, 3.05) is 13.1 Å². The molecular weight excluding hydrogens is 360 g/mol. The van der Waals surface area contributed by atoms with Crippen molar-refractivity contribution >= 4 is 17.5 Å². The van der Waals surface area contributed by atoms with Crippen LogP contribution in [0.15, 0.2) is 71.3 Å². The minimum atomic E-state index is -0.172. The summed E-state index contributed by atoms with van der Waals surface area (Å²) in [7, 11) is 0. The van der Waals surface area contributed by atoms with E-state index in [1.54, 1.807) is 18.4 Å². The monoisotopic (exact) mass is 380 g/mol. The summed E-state index contributed by atoms with van der Waals surface area (Å²) in [6.45, 7) is 2.22. The van der Waals surface area contributed by atoms with Crippen molar-refractivity contribution in [3.05, 3.63) is 94.4 Å². The molecule has 1 N–H and O–H groups in total. The highest BCUT2D eigenvalue weighted by Gasteiger charge is 2.27. The summed E-state index contributed by atoms with van der Waals surface area (Å²) >= 11 is 6.15. The Hall–Kier alpha value is -2.56. The molecule has 0 spiro atoms. The third-order valence-electron chi connectivity index (χ3n) is 5.05. The fourth-order valence-electron chi connectivity index (χ4n) is 3.60. The number of hydrogen-bond donors (Lipinski definition) is 1. The number of carbonyl (C=O) groups excluding carboxylic acids is 1. The van der Waals surface area contributed by atoms with Gasteiger partial charge >= 0.3 is 0 Å². The molecular formula is C22H21ClN2O2. The third-order valence-corrected chi connectivity index (χ3v) is 5.38. The summed E-state index contributed by atoms with van der Waals surface area (Å²) in [5.74, 6) is 0.684. The van der Waals surface area contributed by atoms with E-state index < -0.39 is 0 Å². The van der Waals surface area contributed by atoms with Gasteiger partial charge in [0.2, 0.25) is 0 Å². The van der Waals surface area contributed by atoms with E-state index in [4.69, 9.17) is 16.0 Å². The highest BCUT2D eigenvalue weighted by Crippen LogP contribution is 2.28. The van der Waals surface area contributed by atoms with Gasteiger partial charge in [-0.05, 0) is 41.8 Å². The predicted molar refractivity (Wildman–Crippen MR) is 106 cm³/mol. The van der Waals surface area contributed by atoms with E-state index in [1.807, 2.05) is 24.3 Å². The van der Waals surface area contributed by atoms with Gasteiger partial charge in [-0.1, -0.05) is 48.0 Å². The van der Waals surface area contributed by atoms with Crippen molar-refractivity contribution in [3.8, 4) is 0 Å². The number of carbonyl (C=O) groups is 1. The number of nitrogens with one attached hydrogen (secondary N) is 1. The van der Waals surface area contributed by atoms with Crippen molar-refractivity contribution in [1.82, 2.24) is 10.2 Å². The van der Waals surface area contributed by atoms with Crippen molar-refractivity contribution in [2.45, 2.75) is 19.0 Å². The summed E-state index contributed by atoms with van der Waals surface area (Å²) in [5.41, 5.74) is 3.21. The van der Waals surface area contributed by atoms with Crippen LogP contribution in [0.1, 0.15) is 33.3 Å². The highest BCUT2D eigenvalue weighted by atomic mass is 35.5. The molecule has 138 valence electrons. The first kappa shape index (κ1) is 17.8. The van der Waals surface area contributed by atoms with E-state index in [0.29, 0.717) is 17.1 Å². The molecule has 2 aromatic carbocycles. The molecule has 3 aromatic rings. The smallest absolute Gasteiger partial charge is 0.252 e. The fraction of sp³-hybridized carbons (Fsp3) is 0.227. The van der Waals surface area contributed by atoms with Crippen LogP contribution >= 0.6 is 11.6 Å². The maximum absolute atomic E-state index is 12.6. The number of furan rings is 1. The molecule has 5 heteroatoms. The number of hydrogen-bond acceptors (Lipinski definition) is 3. The van der Waals surface area contributed by atoms with Crippen LogP contribution in [0.2, 0.25) is 5.02 Å². The maximum Gasteiger partial charge on any atom is 0.252 e. The van der Waals surface area contributed by atoms with Crippen LogP contribution < -0.4 is 5.32 Å². The molecule has 2 heterocycles. The van der Waals surface area contributed by atoms with Crippen LogP contribution in [0.3, 0.4) is 0 Å². The molecule has 0 unspecified atom stereocenters. The molecule has 4 rings (SSSR count). The number of amides is 1. The number of halogens is 1. The van der Waals surface area contributed by atoms with Gasteiger partial charge in [0, 0.05) is 19.6 Å². The van der Waals surface area contributed by atoms with Gasteiger partial charge < -0.3 is 9.73 Å². The van der Waals surface area contributed by atoms with E-state index in [9.17, 15) is 4.79 Å². The van der Waals surface area contributed by atoms with Crippen LogP contribution in [0, 0.1) is 0 Å². The van der Waals surface area contributed by atoms with Crippen LogP contribution in [0.5, 0.6) is 0 Å². The zero-order chi connectivity index (χ0) is 18.6. The summed E-state index contributed by atoms with van der Waals surface area (Å²) in [5, 5.41) is 3.48. The lowest BCUT2D eigenvalue weighted by Gasteiger charge is -2.34. The predicted octanol–water partition coefficient (Wildman–Crippen LogP) is 4.46. The molecule has 27 heavy (non-hydrogen) atoms. The lowest BCUT2D eigenvalue weighted by molar-refractivity contribution is 0.0919. The Morgan fingerprint density at radius 1 is 1.07 bits per heavy atom. The van der Waals surface area contributed by atoms with Crippen molar-refractivity contribution in [1.29, 1.82) is 0 Å². The van der Waals surface area contributed by atoms with Gasteiger partial charge in [0.1, 0.15) is 5.76 Å².